The van der Waals surface area contributed by atoms with Crippen molar-refractivity contribution in [2.75, 3.05) is 18.4 Å². The number of para-hydroxylation sites is 3. The molecule has 3 rings (SSSR count). The van der Waals surface area contributed by atoms with Crippen LogP contribution in [0.2, 0.25) is 0 Å². The van der Waals surface area contributed by atoms with Crippen LogP contribution in [-0.2, 0) is 4.79 Å². The maximum Gasteiger partial charge on any atom is 0.241 e. The van der Waals surface area contributed by atoms with Crippen molar-refractivity contribution in [3.63, 3.8) is 0 Å². The van der Waals surface area contributed by atoms with E-state index in [1.807, 2.05) is 61.5 Å². The number of hydrogen-bond donors (Lipinski definition) is 1. The fourth-order valence-corrected chi connectivity index (χ4v) is 3.00. The van der Waals surface area contributed by atoms with E-state index >= 15 is 0 Å². The largest absolute Gasteiger partial charge is 0.455 e. The molecule has 126 valence electrons. The van der Waals surface area contributed by atoms with Crippen LogP contribution in [0.25, 0.3) is 0 Å². The summed E-state index contributed by atoms with van der Waals surface area (Å²) in [7, 11) is 0. The van der Waals surface area contributed by atoms with Gasteiger partial charge in [0, 0.05) is 6.54 Å². The smallest absolute Gasteiger partial charge is 0.241 e. The van der Waals surface area contributed by atoms with Gasteiger partial charge in [-0.15, -0.1) is 0 Å². The van der Waals surface area contributed by atoms with Crippen molar-refractivity contribution in [1.82, 2.24) is 4.90 Å². The highest BCUT2D eigenvalue weighted by Crippen LogP contribution is 2.29. The van der Waals surface area contributed by atoms with Crippen molar-refractivity contribution in [1.29, 1.82) is 0 Å². The monoisotopic (exact) mass is 324 g/mol. The van der Waals surface area contributed by atoms with Gasteiger partial charge in [0.05, 0.1) is 11.7 Å². The quantitative estimate of drug-likeness (QED) is 0.898. The zero-order chi connectivity index (χ0) is 16.9. The van der Waals surface area contributed by atoms with E-state index in [1.54, 1.807) is 0 Å². The minimum Gasteiger partial charge on any atom is -0.455 e. The summed E-state index contributed by atoms with van der Waals surface area (Å²) < 4.78 is 5.90. The van der Waals surface area contributed by atoms with Gasteiger partial charge in [0.2, 0.25) is 5.91 Å². The first-order chi connectivity index (χ1) is 11.6. The standard InChI is InChI=1S/C20H24N2O2/c1-15-12-13-22(14-15)16(2)20(23)21-18-10-6-7-11-19(18)24-17-8-4-3-5-9-17/h3-11,15-16H,12-14H2,1-2H3,(H,21,23). The lowest BCUT2D eigenvalue weighted by atomic mass is 10.2. The van der Waals surface area contributed by atoms with Gasteiger partial charge in [0.25, 0.3) is 0 Å². The summed E-state index contributed by atoms with van der Waals surface area (Å²) in [5.74, 6) is 2.07. The Bertz CT molecular complexity index is 687. The molecule has 0 radical (unpaired) electrons. The number of nitrogens with one attached hydrogen (secondary N) is 1. The number of carbonyl (C=O) groups excluding carboxylic acids is 1. The molecule has 1 amide bonds. The molecule has 1 N–H and O–H groups in total. The van der Waals surface area contributed by atoms with Gasteiger partial charge in [-0.3, -0.25) is 9.69 Å². The highest BCUT2D eigenvalue weighted by Gasteiger charge is 2.27. The summed E-state index contributed by atoms with van der Waals surface area (Å²) in [6, 6.07) is 17.0. The summed E-state index contributed by atoms with van der Waals surface area (Å²) in [5, 5.41) is 3.02. The van der Waals surface area contributed by atoms with E-state index in [9.17, 15) is 4.79 Å². The minimum absolute atomic E-state index is 0.00760. The number of amides is 1. The molecule has 2 aromatic rings. The second kappa shape index (κ2) is 7.49. The lowest BCUT2D eigenvalue weighted by Crippen LogP contribution is -2.40. The van der Waals surface area contributed by atoms with Gasteiger partial charge in [0.15, 0.2) is 5.75 Å². The number of benzene rings is 2. The summed E-state index contributed by atoms with van der Waals surface area (Å²) >= 11 is 0. The number of rotatable bonds is 5. The zero-order valence-electron chi connectivity index (χ0n) is 14.2. The van der Waals surface area contributed by atoms with Gasteiger partial charge < -0.3 is 10.1 Å². The van der Waals surface area contributed by atoms with E-state index in [-0.39, 0.29) is 11.9 Å². The average molecular weight is 324 g/mol. The topological polar surface area (TPSA) is 41.6 Å². The normalized spacial score (nSPS) is 19.0. The lowest BCUT2D eigenvalue weighted by molar-refractivity contribution is -0.120. The van der Waals surface area contributed by atoms with Crippen LogP contribution in [0.4, 0.5) is 5.69 Å². The molecule has 2 atom stereocenters. The van der Waals surface area contributed by atoms with Gasteiger partial charge >= 0.3 is 0 Å². The third kappa shape index (κ3) is 3.95. The van der Waals surface area contributed by atoms with Gasteiger partial charge in [-0.25, -0.2) is 0 Å². The van der Waals surface area contributed by atoms with Crippen molar-refractivity contribution in [2.24, 2.45) is 5.92 Å². The maximum atomic E-state index is 12.6. The molecule has 4 heteroatoms. The Hall–Kier alpha value is -2.33. The fraction of sp³-hybridized carbons (Fsp3) is 0.350. The van der Waals surface area contributed by atoms with Crippen molar-refractivity contribution >= 4 is 11.6 Å². The van der Waals surface area contributed by atoms with E-state index in [4.69, 9.17) is 4.74 Å². The molecule has 24 heavy (non-hydrogen) atoms. The molecule has 0 aliphatic carbocycles. The van der Waals surface area contributed by atoms with Crippen LogP contribution >= 0.6 is 0 Å². The Morgan fingerprint density at radius 1 is 1.17 bits per heavy atom. The van der Waals surface area contributed by atoms with Crippen LogP contribution in [0.5, 0.6) is 11.5 Å². The number of nitrogens with zero attached hydrogens (tertiary/aromatic N) is 1. The molecule has 2 unspecified atom stereocenters. The lowest BCUT2D eigenvalue weighted by Gasteiger charge is -2.23. The average Bonchev–Trinajstić information content (AvgIpc) is 3.03. The summed E-state index contributed by atoms with van der Waals surface area (Å²) in [4.78, 5) is 14.8. The Balaban J connectivity index is 1.69. The number of ether oxygens (including phenoxy) is 1. The number of anilines is 1. The van der Waals surface area contributed by atoms with E-state index in [0.29, 0.717) is 17.4 Å². The Morgan fingerprint density at radius 2 is 1.88 bits per heavy atom. The highest BCUT2D eigenvalue weighted by molar-refractivity contribution is 5.95. The van der Waals surface area contributed by atoms with Gasteiger partial charge in [0.1, 0.15) is 5.75 Å². The fourth-order valence-electron chi connectivity index (χ4n) is 3.00. The van der Waals surface area contributed by atoms with Crippen molar-refractivity contribution in [3.05, 3.63) is 54.6 Å². The molecule has 0 saturated carbocycles. The highest BCUT2D eigenvalue weighted by atomic mass is 16.5. The molecule has 0 aromatic heterocycles. The first-order valence-electron chi connectivity index (χ1n) is 8.50. The SMILES string of the molecule is CC1CCN(C(C)C(=O)Nc2ccccc2Oc2ccccc2)C1. The molecular weight excluding hydrogens is 300 g/mol. The third-order valence-electron chi connectivity index (χ3n) is 4.50. The first-order valence-corrected chi connectivity index (χ1v) is 8.50. The van der Waals surface area contributed by atoms with E-state index in [2.05, 4.69) is 17.1 Å². The molecule has 1 heterocycles. The molecule has 2 aromatic carbocycles. The molecule has 0 spiro atoms. The second-order valence-electron chi connectivity index (χ2n) is 6.47. The molecule has 4 nitrogen and oxygen atoms in total. The van der Waals surface area contributed by atoms with Gasteiger partial charge in [-0.05, 0) is 50.1 Å². The molecular formula is C20H24N2O2. The van der Waals surface area contributed by atoms with Crippen LogP contribution in [0.15, 0.2) is 54.6 Å². The van der Waals surface area contributed by atoms with Crippen LogP contribution in [0.3, 0.4) is 0 Å². The van der Waals surface area contributed by atoms with Crippen molar-refractivity contribution < 1.29 is 9.53 Å². The predicted octanol–water partition coefficient (Wildman–Crippen LogP) is 4.15. The molecule has 0 bridgehead atoms. The predicted molar refractivity (Wildman–Crippen MR) is 96.4 cm³/mol. The van der Waals surface area contributed by atoms with Gasteiger partial charge in [-0.2, -0.15) is 0 Å². The molecule has 1 fully saturated rings. The number of carbonyl (C=O) groups is 1. The summed E-state index contributed by atoms with van der Waals surface area (Å²) in [6.07, 6.45) is 1.16. The van der Waals surface area contributed by atoms with Crippen LogP contribution in [0.1, 0.15) is 20.3 Å². The van der Waals surface area contributed by atoms with Crippen LogP contribution in [0, 0.1) is 5.92 Å². The molecule has 1 aliphatic rings. The zero-order valence-corrected chi connectivity index (χ0v) is 14.2. The third-order valence-corrected chi connectivity index (χ3v) is 4.50. The maximum absolute atomic E-state index is 12.6. The van der Waals surface area contributed by atoms with Crippen molar-refractivity contribution in [2.45, 2.75) is 26.3 Å². The molecule has 1 saturated heterocycles. The second-order valence-corrected chi connectivity index (χ2v) is 6.47. The van der Waals surface area contributed by atoms with Crippen LogP contribution in [-0.4, -0.2) is 29.9 Å². The van der Waals surface area contributed by atoms with E-state index < -0.39 is 0 Å². The summed E-state index contributed by atoms with van der Waals surface area (Å²) in [5.41, 5.74) is 0.699. The summed E-state index contributed by atoms with van der Waals surface area (Å²) in [6.45, 7) is 6.16. The minimum atomic E-state index is -0.139. The van der Waals surface area contributed by atoms with Crippen LogP contribution < -0.4 is 10.1 Å². The van der Waals surface area contributed by atoms with Gasteiger partial charge in [-0.1, -0.05) is 37.3 Å². The molecule has 1 aliphatic heterocycles. The van der Waals surface area contributed by atoms with E-state index in [0.717, 1.165) is 25.3 Å². The first kappa shape index (κ1) is 16.5. The Labute approximate surface area is 143 Å². The number of likely N-dealkylation sites (tertiary alicyclic amines) is 1. The van der Waals surface area contributed by atoms with Crippen molar-refractivity contribution in [3.8, 4) is 11.5 Å². The Kier molecular flexibility index (Phi) is 5.16. The number of hydrogen-bond acceptors (Lipinski definition) is 3. The Morgan fingerprint density at radius 3 is 2.58 bits per heavy atom. The van der Waals surface area contributed by atoms with E-state index in [1.165, 1.54) is 0 Å².